The zero-order chi connectivity index (χ0) is 34.7. The van der Waals surface area contributed by atoms with Gasteiger partial charge < -0.3 is 31.4 Å². The molecule has 2 aromatic carbocycles. The minimum absolute atomic E-state index is 0. The number of hydrogen-bond donors (Lipinski definition) is 0. The average molecular weight is 732 g/mol. The Balaban J connectivity index is 0.00000541. The Morgan fingerprint density at radius 3 is 2.08 bits per heavy atom. The van der Waals surface area contributed by atoms with Crippen LogP contribution in [0.1, 0.15) is 105 Å². The monoisotopic (exact) mass is 730 g/mol. The quantitative estimate of drug-likeness (QED) is 0.195. The second-order valence-electron chi connectivity index (χ2n) is 15.3. The molecule has 0 atom stereocenters. The molecule has 0 radical (unpaired) electrons. The van der Waals surface area contributed by atoms with Crippen LogP contribution in [-0.4, -0.2) is 48.5 Å². The van der Waals surface area contributed by atoms with E-state index < -0.39 is 0 Å². The summed E-state index contributed by atoms with van der Waals surface area (Å²) in [4.78, 5) is 26.8. The molecule has 1 aliphatic carbocycles. The number of carbonyl (C=O) groups is 2. The highest BCUT2D eigenvalue weighted by Gasteiger charge is 2.45. The molecule has 2 aromatic rings. The van der Waals surface area contributed by atoms with E-state index in [2.05, 4.69) is 118 Å². The molecule has 0 spiro atoms. The second-order valence-corrected chi connectivity index (χ2v) is 15.3. The topological polar surface area (TPSA) is 58.8 Å². The SMILES string of the molecule is CCOC(=O)CCCN1/C(=C/C2=CC(=C/C3=[N+](CCCC(=O)OCC)c4ccccc4C3(C)C)/CC(C)(C)C2)C(C)(C)c2ccccc21.[Br-]. The van der Waals surface area contributed by atoms with Gasteiger partial charge in [0.2, 0.25) is 5.69 Å². The molecule has 2 heterocycles. The van der Waals surface area contributed by atoms with Gasteiger partial charge in [0.15, 0.2) is 5.71 Å². The summed E-state index contributed by atoms with van der Waals surface area (Å²) in [6.45, 7) is 20.1. The van der Waals surface area contributed by atoms with Gasteiger partial charge in [0.1, 0.15) is 6.54 Å². The number of ether oxygens (including phenoxy) is 2. The fourth-order valence-corrected chi connectivity index (χ4v) is 7.96. The van der Waals surface area contributed by atoms with Crippen LogP contribution in [0.4, 0.5) is 11.4 Å². The predicted molar refractivity (Wildman–Crippen MR) is 195 cm³/mol. The predicted octanol–water partition coefficient (Wildman–Crippen LogP) is 6.11. The lowest BCUT2D eigenvalue weighted by atomic mass is 9.73. The molecule has 2 aliphatic heterocycles. The minimum Gasteiger partial charge on any atom is -1.00 e. The summed E-state index contributed by atoms with van der Waals surface area (Å²) in [6, 6.07) is 17.4. The molecule has 0 aromatic heterocycles. The first-order valence-electron chi connectivity index (χ1n) is 17.8. The van der Waals surface area contributed by atoms with E-state index >= 15 is 0 Å². The number of halogens is 1. The number of esters is 2. The number of carbonyl (C=O) groups excluding carboxylic acids is 2. The standard InChI is InChI=1S/C42H55N2O4.BrH/c1-9-47-38(45)21-15-23-43-34-19-13-11-17-32(34)41(5,6)36(43)26-30-25-31(29-40(3,4)28-30)27-37-42(7,8)33-18-12-14-20-35(33)44(37)24-16-22-39(46)48-10-2;/h11-14,17-20,25-27H,9-10,15-16,21-24,28-29H2,1-8H3;1H/q+1;/p-1. The number of rotatable bonds is 12. The fraction of sp³-hybridized carbons (Fsp3) is 0.500. The van der Waals surface area contributed by atoms with E-state index in [1.165, 1.54) is 45.1 Å². The third-order valence-corrected chi connectivity index (χ3v) is 10.1. The van der Waals surface area contributed by atoms with E-state index in [1.54, 1.807) is 0 Å². The van der Waals surface area contributed by atoms with Crippen molar-refractivity contribution in [3.8, 4) is 0 Å². The lowest BCUT2D eigenvalue weighted by Gasteiger charge is -2.33. The maximum atomic E-state index is 12.2. The molecule has 264 valence electrons. The zero-order valence-electron chi connectivity index (χ0n) is 30.8. The zero-order valence-corrected chi connectivity index (χ0v) is 32.4. The van der Waals surface area contributed by atoms with Crippen molar-refractivity contribution in [1.29, 1.82) is 0 Å². The first-order chi connectivity index (χ1) is 22.8. The Kier molecular flexibility index (Phi) is 12.2. The first-order valence-corrected chi connectivity index (χ1v) is 17.8. The molecule has 0 unspecified atom stereocenters. The van der Waals surface area contributed by atoms with Gasteiger partial charge in [-0.15, -0.1) is 0 Å². The summed E-state index contributed by atoms with van der Waals surface area (Å²) >= 11 is 0. The molecule has 0 saturated carbocycles. The Labute approximate surface area is 304 Å². The van der Waals surface area contributed by atoms with Gasteiger partial charge in [-0.3, -0.25) is 9.59 Å². The van der Waals surface area contributed by atoms with Crippen molar-refractivity contribution >= 4 is 29.0 Å². The Morgan fingerprint density at radius 1 is 0.796 bits per heavy atom. The summed E-state index contributed by atoms with van der Waals surface area (Å²) in [7, 11) is 0. The third kappa shape index (κ3) is 8.30. The van der Waals surface area contributed by atoms with E-state index in [0.29, 0.717) is 26.1 Å². The fourth-order valence-electron chi connectivity index (χ4n) is 7.96. The maximum Gasteiger partial charge on any atom is 0.306 e. The molecule has 0 fully saturated rings. The number of anilines is 1. The molecule has 5 rings (SSSR count). The largest absolute Gasteiger partial charge is 1.00 e. The normalized spacial score (nSPS) is 20.1. The van der Waals surface area contributed by atoms with Crippen LogP contribution in [0, 0.1) is 5.41 Å². The van der Waals surface area contributed by atoms with Gasteiger partial charge in [-0.1, -0.05) is 70.2 Å². The van der Waals surface area contributed by atoms with Crippen molar-refractivity contribution in [2.24, 2.45) is 5.41 Å². The molecule has 0 saturated heterocycles. The number of para-hydroxylation sites is 2. The minimum atomic E-state index is -0.174. The van der Waals surface area contributed by atoms with Crippen molar-refractivity contribution in [2.45, 2.75) is 105 Å². The molecule has 0 amide bonds. The highest BCUT2D eigenvalue weighted by Crippen LogP contribution is 2.49. The Bertz CT molecular complexity index is 1680. The van der Waals surface area contributed by atoms with Crippen LogP contribution in [0.5, 0.6) is 0 Å². The summed E-state index contributed by atoms with van der Waals surface area (Å²) in [5.41, 5.74) is 10.0. The van der Waals surface area contributed by atoms with Gasteiger partial charge >= 0.3 is 11.9 Å². The highest BCUT2D eigenvalue weighted by molar-refractivity contribution is 6.03. The molecular formula is C42H55BrN2O4. The maximum absolute atomic E-state index is 12.2. The Morgan fingerprint density at radius 2 is 1.41 bits per heavy atom. The van der Waals surface area contributed by atoms with Gasteiger partial charge in [0, 0.05) is 53.9 Å². The van der Waals surface area contributed by atoms with Crippen LogP contribution in [0.15, 0.2) is 83.6 Å². The van der Waals surface area contributed by atoms with Crippen molar-refractivity contribution < 1.29 is 40.6 Å². The molecule has 7 heteroatoms. The van der Waals surface area contributed by atoms with Crippen molar-refractivity contribution in [2.75, 3.05) is 31.2 Å². The molecule has 49 heavy (non-hydrogen) atoms. The van der Waals surface area contributed by atoms with Gasteiger partial charge in [0.05, 0.1) is 25.0 Å². The smallest absolute Gasteiger partial charge is 0.306 e. The van der Waals surface area contributed by atoms with Crippen LogP contribution < -0.4 is 21.9 Å². The Hall–Kier alpha value is -3.45. The van der Waals surface area contributed by atoms with E-state index in [-0.39, 0.29) is 45.2 Å². The summed E-state index contributed by atoms with van der Waals surface area (Å²) in [5, 5.41) is 0. The molecule has 6 nitrogen and oxygen atoms in total. The summed E-state index contributed by atoms with van der Waals surface area (Å²) in [5.74, 6) is -0.267. The highest BCUT2D eigenvalue weighted by atomic mass is 79.9. The van der Waals surface area contributed by atoms with E-state index in [9.17, 15) is 9.59 Å². The van der Waals surface area contributed by atoms with Crippen LogP contribution in [0.3, 0.4) is 0 Å². The number of allylic oxidation sites excluding steroid dienone is 6. The van der Waals surface area contributed by atoms with Gasteiger partial charge in [-0.05, 0) is 81.2 Å². The molecule has 0 bridgehead atoms. The number of nitrogens with zero attached hydrogens (tertiary/aromatic N) is 2. The number of benzene rings is 2. The van der Waals surface area contributed by atoms with Gasteiger partial charge in [0.25, 0.3) is 0 Å². The lowest BCUT2D eigenvalue weighted by Crippen LogP contribution is -3.00. The molecular weight excluding hydrogens is 676 g/mol. The third-order valence-electron chi connectivity index (χ3n) is 10.1. The molecule has 0 N–H and O–H groups in total. The lowest BCUT2D eigenvalue weighted by molar-refractivity contribution is -0.438. The number of hydrogen-bond acceptors (Lipinski definition) is 5. The van der Waals surface area contributed by atoms with Crippen molar-refractivity contribution in [3.05, 3.63) is 94.7 Å². The van der Waals surface area contributed by atoms with Crippen LogP contribution in [0.2, 0.25) is 0 Å². The van der Waals surface area contributed by atoms with Crippen LogP contribution >= 0.6 is 0 Å². The van der Waals surface area contributed by atoms with Gasteiger partial charge in [-0.2, -0.15) is 4.58 Å². The van der Waals surface area contributed by atoms with E-state index in [4.69, 9.17) is 9.47 Å². The van der Waals surface area contributed by atoms with Crippen molar-refractivity contribution in [3.63, 3.8) is 0 Å². The summed E-state index contributed by atoms with van der Waals surface area (Å²) in [6.07, 6.45) is 11.5. The summed E-state index contributed by atoms with van der Waals surface area (Å²) < 4.78 is 12.9. The number of fused-ring (bicyclic) bond motifs is 2. The van der Waals surface area contributed by atoms with E-state index in [0.717, 1.165) is 38.8 Å². The second kappa shape index (κ2) is 15.6. The van der Waals surface area contributed by atoms with Crippen LogP contribution in [-0.2, 0) is 29.9 Å². The van der Waals surface area contributed by atoms with E-state index in [1.807, 2.05) is 13.8 Å². The van der Waals surface area contributed by atoms with Gasteiger partial charge in [-0.25, -0.2) is 0 Å². The van der Waals surface area contributed by atoms with Crippen molar-refractivity contribution in [1.82, 2.24) is 0 Å². The average Bonchev–Trinajstić information content (AvgIpc) is 3.36. The van der Waals surface area contributed by atoms with Crippen LogP contribution in [0.25, 0.3) is 0 Å². The first kappa shape index (κ1) is 38.4. The molecule has 3 aliphatic rings.